The van der Waals surface area contributed by atoms with Gasteiger partial charge in [0.05, 0.1) is 12.4 Å². The van der Waals surface area contributed by atoms with Gasteiger partial charge in [0, 0.05) is 19.3 Å². The Morgan fingerprint density at radius 2 is 2.19 bits per heavy atom. The van der Waals surface area contributed by atoms with Crippen LogP contribution < -0.4 is 10.2 Å². The van der Waals surface area contributed by atoms with Crippen LogP contribution in [0.1, 0.15) is 28.0 Å². The highest BCUT2D eigenvalue weighted by Gasteiger charge is 2.24. The first-order valence-corrected chi connectivity index (χ1v) is 7.10. The molecule has 1 aromatic heterocycles. The van der Waals surface area contributed by atoms with Crippen LogP contribution in [-0.2, 0) is 6.42 Å². The summed E-state index contributed by atoms with van der Waals surface area (Å²) in [5, 5.41) is 2.91. The number of amides is 1. The zero-order valence-corrected chi connectivity index (χ0v) is 12.3. The van der Waals surface area contributed by atoms with Crippen LogP contribution in [0.2, 0.25) is 0 Å². The zero-order valence-electron chi connectivity index (χ0n) is 12.3. The SMILES string of the molecule is CNc1cncc(C(=O)N2CCCc3cc(C)ccc32)n1. The van der Waals surface area contributed by atoms with Gasteiger partial charge in [-0.25, -0.2) is 4.98 Å². The molecule has 0 saturated carbocycles. The Bertz CT molecular complexity index is 684. The number of nitrogens with zero attached hydrogens (tertiary/aromatic N) is 3. The maximum atomic E-state index is 12.7. The van der Waals surface area contributed by atoms with Crippen LogP contribution in [0.5, 0.6) is 0 Å². The van der Waals surface area contributed by atoms with E-state index in [-0.39, 0.29) is 5.91 Å². The minimum absolute atomic E-state index is 0.0931. The molecule has 3 rings (SSSR count). The maximum absolute atomic E-state index is 12.7. The topological polar surface area (TPSA) is 58.1 Å². The van der Waals surface area contributed by atoms with Crippen LogP contribution >= 0.6 is 0 Å². The zero-order chi connectivity index (χ0) is 14.8. The van der Waals surface area contributed by atoms with Crippen molar-refractivity contribution in [3.05, 3.63) is 47.4 Å². The van der Waals surface area contributed by atoms with E-state index in [9.17, 15) is 4.79 Å². The van der Waals surface area contributed by atoms with Crippen molar-refractivity contribution in [2.24, 2.45) is 0 Å². The van der Waals surface area contributed by atoms with Gasteiger partial charge in [-0.3, -0.25) is 9.78 Å². The summed E-state index contributed by atoms with van der Waals surface area (Å²) in [4.78, 5) is 22.9. The number of aromatic nitrogens is 2. The highest BCUT2D eigenvalue weighted by atomic mass is 16.2. The Kier molecular flexibility index (Phi) is 3.56. The van der Waals surface area contributed by atoms with Gasteiger partial charge >= 0.3 is 0 Å². The highest BCUT2D eigenvalue weighted by Crippen LogP contribution is 2.29. The monoisotopic (exact) mass is 282 g/mol. The molecule has 0 fully saturated rings. The molecular weight excluding hydrogens is 264 g/mol. The molecule has 108 valence electrons. The molecule has 0 radical (unpaired) electrons. The number of benzene rings is 1. The number of anilines is 2. The molecular formula is C16H18N4O. The molecule has 0 spiro atoms. The predicted molar refractivity (Wildman–Crippen MR) is 82.8 cm³/mol. The van der Waals surface area contributed by atoms with Crippen molar-refractivity contribution in [1.82, 2.24) is 9.97 Å². The minimum Gasteiger partial charge on any atom is -0.372 e. The number of nitrogens with one attached hydrogen (secondary N) is 1. The standard InChI is InChI=1S/C16H18N4O/c1-11-5-6-14-12(8-11)4-3-7-20(14)16(21)13-9-18-10-15(17-2)19-13/h5-6,8-10H,3-4,7H2,1-2H3,(H,17,19). The van der Waals surface area contributed by atoms with E-state index in [0.717, 1.165) is 25.1 Å². The second kappa shape index (κ2) is 5.52. The molecule has 5 heteroatoms. The number of carbonyl (C=O) groups excluding carboxylic acids is 1. The van der Waals surface area contributed by atoms with Crippen LogP contribution in [0.15, 0.2) is 30.6 Å². The summed E-state index contributed by atoms with van der Waals surface area (Å²) in [7, 11) is 1.76. The molecule has 1 N–H and O–H groups in total. The molecule has 2 heterocycles. The molecule has 0 unspecified atom stereocenters. The van der Waals surface area contributed by atoms with E-state index >= 15 is 0 Å². The summed E-state index contributed by atoms with van der Waals surface area (Å²) >= 11 is 0. The molecule has 0 saturated heterocycles. The van der Waals surface area contributed by atoms with Gasteiger partial charge in [0.15, 0.2) is 0 Å². The Labute approximate surface area is 124 Å². The van der Waals surface area contributed by atoms with Crippen LogP contribution in [0.4, 0.5) is 11.5 Å². The van der Waals surface area contributed by atoms with Gasteiger partial charge in [-0.1, -0.05) is 17.7 Å². The molecule has 0 aliphatic carbocycles. The van der Waals surface area contributed by atoms with Gasteiger partial charge in [0.1, 0.15) is 11.5 Å². The average Bonchev–Trinajstić information content (AvgIpc) is 2.53. The van der Waals surface area contributed by atoms with Crippen LogP contribution in [0.25, 0.3) is 0 Å². The lowest BCUT2D eigenvalue weighted by Gasteiger charge is -2.29. The fourth-order valence-electron chi connectivity index (χ4n) is 2.66. The number of fused-ring (bicyclic) bond motifs is 1. The van der Waals surface area contributed by atoms with Gasteiger partial charge in [-0.2, -0.15) is 0 Å². The first-order chi connectivity index (χ1) is 10.2. The fourth-order valence-corrected chi connectivity index (χ4v) is 2.66. The van der Waals surface area contributed by atoms with Gasteiger partial charge in [0.25, 0.3) is 5.91 Å². The van der Waals surface area contributed by atoms with E-state index in [1.807, 2.05) is 17.0 Å². The van der Waals surface area contributed by atoms with Crippen LogP contribution in [0.3, 0.4) is 0 Å². The van der Waals surface area contributed by atoms with Gasteiger partial charge in [-0.05, 0) is 31.4 Å². The Morgan fingerprint density at radius 1 is 1.33 bits per heavy atom. The number of hydrogen-bond donors (Lipinski definition) is 1. The van der Waals surface area contributed by atoms with Crippen molar-refractivity contribution in [2.45, 2.75) is 19.8 Å². The molecule has 5 nitrogen and oxygen atoms in total. The Hall–Kier alpha value is -2.43. The molecule has 1 aromatic carbocycles. The third kappa shape index (κ3) is 2.59. The average molecular weight is 282 g/mol. The summed E-state index contributed by atoms with van der Waals surface area (Å²) < 4.78 is 0. The summed E-state index contributed by atoms with van der Waals surface area (Å²) in [6.07, 6.45) is 5.11. The Balaban J connectivity index is 1.96. The molecule has 0 atom stereocenters. The third-order valence-electron chi connectivity index (χ3n) is 3.71. The van der Waals surface area contributed by atoms with Crippen molar-refractivity contribution >= 4 is 17.4 Å². The number of hydrogen-bond acceptors (Lipinski definition) is 4. The first kappa shape index (κ1) is 13.5. The van der Waals surface area contributed by atoms with Gasteiger partial charge < -0.3 is 10.2 Å². The van der Waals surface area contributed by atoms with Crippen molar-refractivity contribution in [2.75, 3.05) is 23.8 Å². The number of aryl methyl sites for hydroxylation is 2. The summed E-state index contributed by atoms with van der Waals surface area (Å²) in [5.41, 5.74) is 3.82. The lowest BCUT2D eigenvalue weighted by Crippen LogP contribution is -2.36. The summed E-state index contributed by atoms with van der Waals surface area (Å²) in [6.45, 7) is 2.79. The second-order valence-electron chi connectivity index (χ2n) is 5.23. The lowest BCUT2D eigenvalue weighted by molar-refractivity contribution is 0.0980. The van der Waals surface area contributed by atoms with Crippen LogP contribution in [-0.4, -0.2) is 29.5 Å². The quantitative estimate of drug-likeness (QED) is 0.919. The minimum atomic E-state index is -0.0931. The van der Waals surface area contributed by atoms with E-state index in [2.05, 4.69) is 28.3 Å². The molecule has 2 aromatic rings. The largest absolute Gasteiger partial charge is 0.372 e. The van der Waals surface area contributed by atoms with Crippen molar-refractivity contribution in [3.8, 4) is 0 Å². The summed E-state index contributed by atoms with van der Waals surface area (Å²) in [6, 6.07) is 6.22. The van der Waals surface area contributed by atoms with Gasteiger partial charge in [-0.15, -0.1) is 0 Å². The molecule has 0 bridgehead atoms. The highest BCUT2D eigenvalue weighted by molar-refractivity contribution is 6.05. The normalized spacial score (nSPS) is 13.7. The number of carbonyl (C=O) groups is 1. The molecule has 1 amide bonds. The van der Waals surface area contributed by atoms with Crippen molar-refractivity contribution in [3.63, 3.8) is 0 Å². The van der Waals surface area contributed by atoms with E-state index in [0.29, 0.717) is 11.5 Å². The molecule has 21 heavy (non-hydrogen) atoms. The second-order valence-corrected chi connectivity index (χ2v) is 5.23. The smallest absolute Gasteiger partial charge is 0.278 e. The van der Waals surface area contributed by atoms with Gasteiger partial charge in [0.2, 0.25) is 0 Å². The van der Waals surface area contributed by atoms with Crippen molar-refractivity contribution in [1.29, 1.82) is 0 Å². The van der Waals surface area contributed by atoms with E-state index < -0.39 is 0 Å². The predicted octanol–water partition coefficient (Wildman–Crippen LogP) is 2.42. The Morgan fingerprint density at radius 3 is 3.00 bits per heavy atom. The van der Waals surface area contributed by atoms with Crippen molar-refractivity contribution < 1.29 is 4.79 Å². The van der Waals surface area contributed by atoms with E-state index in [1.54, 1.807) is 13.2 Å². The third-order valence-corrected chi connectivity index (χ3v) is 3.71. The first-order valence-electron chi connectivity index (χ1n) is 7.10. The van der Waals surface area contributed by atoms with Crippen LogP contribution in [0, 0.1) is 6.92 Å². The molecule has 1 aliphatic rings. The fraction of sp³-hybridized carbons (Fsp3) is 0.312. The number of rotatable bonds is 2. The lowest BCUT2D eigenvalue weighted by atomic mass is 9.99. The molecule has 1 aliphatic heterocycles. The maximum Gasteiger partial charge on any atom is 0.278 e. The van der Waals surface area contributed by atoms with E-state index in [4.69, 9.17) is 0 Å². The van der Waals surface area contributed by atoms with E-state index in [1.165, 1.54) is 17.3 Å². The summed E-state index contributed by atoms with van der Waals surface area (Å²) in [5.74, 6) is 0.506.